The van der Waals surface area contributed by atoms with E-state index in [1.165, 1.54) is 6.33 Å². The summed E-state index contributed by atoms with van der Waals surface area (Å²) in [6.45, 7) is 0.189. The van der Waals surface area contributed by atoms with Gasteiger partial charge in [0.2, 0.25) is 0 Å². The summed E-state index contributed by atoms with van der Waals surface area (Å²) in [5, 5.41) is 4.11. The summed E-state index contributed by atoms with van der Waals surface area (Å²) in [5.41, 5.74) is 1.73. The minimum absolute atomic E-state index is 0.189. The Labute approximate surface area is 120 Å². The van der Waals surface area contributed by atoms with Gasteiger partial charge in [0.05, 0.1) is 5.69 Å². The topological polar surface area (TPSA) is 101 Å². The van der Waals surface area contributed by atoms with Gasteiger partial charge in [-0.3, -0.25) is 4.55 Å². The molecule has 0 spiro atoms. The third-order valence-corrected chi connectivity index (χ3v) is 3.67. The van der Waals surface area contributed by atoms with Crippen LogP contribution in [0.5, 0.6) is 0 Å². The maximum atomic E-state index is 10.7. The fourth-order valence-electron chi connectivity index (χ4n) is 1.95. The Morgan fingerprint density at radius 3 is 2.67 bits per heavy atom. The largest absolute Gasteiger partial charge is 0.285 e. The number of hydrogen-bond donors (Lipinski definition) is 1. The summed E-state index contributed by atoms with van der Waals surface area (Å²) in [4.78, 5) is 8.11. The predicted molar refractivity (Wildman–Crippen MR) is 72.8 cm³/mol. The Balaban J connectivity index is 1.89. The molecule has 3 rings (SSSR count). The molecule has 21 heavy (non-hydrogen) atoms. The molecule has 108 valence electrons. The van der Waals surface area contributed by atoms with Gasteiger partial charge in [-0.25, -0.2) is 9.55 Å². The van der Waals surface area contributed by atoms with Gasteiger partial charge in [-0.15, -0.1) is 0 Å². The molecular weight excluding hydrogens is 294 g/mol. The van der Waals surface area contributed by atoms with Crippen molar-refractivity contribution in [2.24, 2.45) is 0 Å². The molecule has 0 unspecified atom stereocenters. The van der Waals surface area contributed by atoms with Crippen molar-refractivity contribution in [3.05, 3.63) is 43.1 Å². The SMILES string of the molecule is O=S(=O)(O)CC[n+]1ccc(-c2ccnc3ncnn23)cc1. The molecule has 0 saturated heterocycles. The molecule has 3 heterocycles. The van der Waals surface area contributed by atoms with Gasteiger partial charge in [-0.2, -0.15) is 23.0 Å². The first-order valence-corrected chi connectivity index (χ1v) is 7.73. The molecule has 0 fully saturated rings. The number of fused-ring (bicyclic) bond motifs is 1. The van der Waals surface area contributed by atoms with Crippen molar-refractivity contribution in [1.82, 2.24) is 19.6 Å². The van der Waals surface area contributed by atoms with Crippen molar-refractivity contribution < 1.29 is 17.5 Å². The fourth-order valence-corrected chi connectivity index (χ4v) is 2.40. The van der Waals surface area contributed by atoms with Crippen molar-refractivity contribution >= 4 is 15.9 Å². The maximum absolute atomic E-state index is 10.7. The van der Waals surface area contributed by atoms with Crippen LogP contribution in [0.25, 0.3) is 17.0 Å². The molecule has 9 heteroatoms. The lowest BCUT2D eigenvalue weighted by Gasteiger charge is -2.03. The molecule has 0 aliphatic heterocycles. The highest BCUT2D eigenvalue weighted by Gasteiger charge is 2.11. The molecule has 0 amide bonds. The zero-order chi connectivity index (χ0) is 14.9. The molecule has 3 aromatic heterocycles. The molecule has 1 N–H and O–H groups in total. The third-order valence-electron chi connectivity index (χ3n) is 2.97. The second-order valence-electron chi connectivity index (χ2n) is 4.41. The van der Waals surface area contributed by atoms with Gasteiger partial charge in [0.25, 0.3) is 15.9 Å². The average molecular weight is 306 g/mol. The molecule has 0 aliphatic rings. The molecule has 0 aliphatic carbocycles. The number of nitrogens with zero attached hydrogens (tertiary/aromatic N) is 5. The van der Waals surface area contributed by atoms with Crippen molar-refractivity contribution in [2.45, 2.75) is 6.54 Å². The fraction of sp³-hybridized carbons (Fsp3) is 0.167. The van der Waals surface area contributed by atoms with Gasteiger partial charge in [0.1, 0.15) is 12.1 Å². The highest BCUT2D eigenvalue weighted by molar-refractivity contribution is 7.85. The Morgan fingerprint density at radius 2 is 1.95 bits per heavy atom. The summed E-state index contributed by atoms with van der Waals surface area (Å²) in [7, 11) is -3.96. The average Bonchev–Trinajstić information content (AvgIpc) is 2.93. The molecule has 3 aromatic rings. The van der Waals surface area contributed by atoms with E-state index in [0.717, 1.165) is 11.3 Å². The maximum Gasteiger partial charge on any atom is 0.271 e. The van der Waals surface area contributed by atoms with Crippen LogP contribution in [-0.2, 0) is 16.7 Å². The van der Waals surface area contributed by atoms with Gasteiger partial charge in [0, 0.05) is 23.9 Å². The Bertz CT molecular complexity index is 873. The zero-order valence-corrected chi connectivity index (χ0v) is 11.7. The number of aromatic nitrogens is 5. The van der Waals surface area contributed by atoms with E-state index >= 15 is 0 Å². The smallest absolute Gasteiger partial charge is 0.271 e. The van der Waals surface area contributed by atoms with Crippen LogP contribution in [0.3, 0.4) is 0 Å². The van der Waals surface area contributed by atoms with Gasteiger partial charge in [-0.05, 0) is 6.07 Å². The van der Waals surface area contributed by atoms with Crippen molar-refractivity contribution in [2.75, 3.05) is 5.75 Å². The summed E-state index contributed by atoms with van der Waals surface area (Å²) >= 11 is 0. The summed E-state index contributed by atoms with van der Waals surface area (Å²) in [5.74, 6) is 0.190. The molecule has 8 nitrogen and oxygen atoms in total. The Kier molecular flexibility index (Phi) is 3.35. The third kappa shape index (κ3) is 3.03. The van der Waals surface area contributed by atoms with E-state index in [2.05, 4.69) is 15.1 Å². The molecule has 0 saturated carbocycles. The first-order valence-electron chi connectivity index (χ1n) is 6.12. The van der Waals surface area contributed by atoms with Crippen LogP contribution in [0.2, 0.25) is 0 Å². The standard InChI is InChI=1S/C12H11N5O3S/c18-21(19,20)8-7-16-5-2-10(3-6-16)11-1-4-13-12-14-9-15-17(11)12/h1-6,9H,7-8H2/p+1. The first kappa shape index (κ1) is 13.6. The van der Waals surface area contributed by atoms with Gasteiger partial charge < -0.3 is 0 Å². The van der Waals surface area contributed by atoms with E-state index in [-0.39, 0.29) is 12.3 Å². The minimum atomic E-state index is -3.96. The summed E-state index contributed by atoms with van der Waals surface area (Å²) < 4.78 is 33.5. The summed E-state index contributed by atoms with van der Waals surface area (Å²) in [6, 6.07) is 5.49. The van der Waals surface area contributed by atoms with Crippen LogP contribution < -0.4 is 4.57 Å². The van der Waals surface area contributed by atoms with E-state index < -0.39 is 10.1 Å². The van der Waals surface area contributed by atoms with Crippen LogP contribution in [0.1, 0.15) is 0 Å². The zero-order valence-electron chi connectivity index (χ0n) is 10.9. The van der Waals surface area contributed by atoms with Gasteiger partial charge >= 0.3 is 0 Å². The quantitative estimate of drug-likeness (QED) is 0.536. The van der Waals surface area contributed by atoms with Crippen molar-refractivity contribution in [3.63, 3.8) is 0 Å². The normalized spacial score (nSPS) is 11.9. The van der Waals surface area contributed by atoms with E-state index in [1.807, 2.05) is 18.2 Å². The number of pyridine rings is 1. The van der Waals surface area contributed by atoms with E-state index in [9.17, 15) is 8.42 Å². The van der Waals surface area contributed by atoms with Gasteiger partial charge in [-0.1, -0.05) is 0 Å². The van der Waals surface area contributed by atoms with Crippen LogP contribution >= 0.6 is 0 Å². The number of aryl methyl sites for hydroxylation is 1. The Hall–Kier alpha value is -2.39. The molecular formula is C12H12N5O3S+. The van der Waals surface area contributed by atoms with Crippen molar-refractivity contribution in [3.8, 4) is 11.3 Å². The molecule has 0 atom stereocenters. The molecule has 0 bridgehead atoms. The van der Waals surface area contributed by atoms with Crippen LogP contribution in [0.4, 0.5) is 0 Å². The van der Waals surface area contributed by atoms with Crippen LogP contribution in [0.15, 0.2) is 43.1 Å². The lowest BCUT2D eigenvalue weighted by molar-refractivity contribution is -0.692. The van der Waals surface area contributed by atoms with Crippen LogP contribution in [-0.4, -0.2) is 38.3 Å². The second kappa shape index (κ2) is 5.19. The monoisotopic (exact) mass is 306 g/mol. The number of rotatable bonds is 4. The lowest BCUT2D eigenvalue weighted by atomic mass is 10.2. The minimum Gasteiger partial charge on any atom is -0.285 e. The molecule has 0 radical (unpaired) electrons. The van der Waals surface area contributed by atoms with E-state index in [1.54, 1.807) is 27.7 Å². The lowest BCUT2D eigenvalue weighted by Crippen LogP contribution is -2.36. The highest BCUT2D eigenvalue weighted by Crippen LogP contribution is 2.16. The van der Waals surface area contributed by atoms with E-state index in [4.69, 9.17) is 4.55 Å². The predicted octanol–water partition coefficient (Wildman–Crippen LogP) is -0.0334. The molecule has 0 aromatic carbocycles. The second-order valence-corrected chi connectivity index (χ2v) is 5.98. The Morgan fingerprint density at radius 1 is 1.19 bits per heavy atom. The summed E-state index contributed by atoms with van der Waals surface area (Å²) in [6.07, 6.45) is 6.56. The first-order chi connectivity index (χ1) is 10.0. The van der Waals surface area contributed by atoms with Crippen LogP contribution in [0, 0.1) is 0 Å². The highest BCUT2D eigenvalue weighted by atomic mass is 32.2. The van der Waals surface area contributed by atoms with Gasteiger partial charge in [0.15, 0.2) is 18.9 Å². The number of hydrogen-bond acceptors (Lipinski definition) is 5. The van der Waals surface area contributed by atoms with Crippen molar-refractivity contribution in [1.29, 1.82) is 0 Å². The van der Waals surface area contributed by atoms with E-state index in [0.29, 0.717) is 5.78 Å².